The molecule has 0 aliphatic rings. The van der Waals surface area contributed by atoms with Crippen molar-refractivity contribution >= 4 is 17.3 Å². The first-order valence-corrected chi connectivity index (χ1v) is 5.46. The molecule has 0 aliphatic carbocycles. The van der Waals surface area contributed by atoms with Gasteiger partial charge < -0.3 is 21.4 Å². The van der Waals surface area contributed by atoms with Gasteiger partial charge in [-0.15, -0.1) is 0 Å². The molecule has 0 bridgehead atoms. The third kappa shape index (κ3) is 2.60. The van der Waals surface area contributed by atoms with Crippen molar-refractivity contribution in [1.82, 2.24) is 14.9 Å². The SMILES string of the molecule is CN(Cc1ncc[nH]1)C(=O)c1cc(N)cc(N)c1. The number of rotatable bonds is 3. The van der Waals surface area contributed by atoms with E-state index in [4.69, 9.17) is 11.5 Å². The van der Waals surface area contributed by atoms with E-state index >= 15 is 0 Å². The number of nitrogen functional groups attached to an aromatic ring is 2. The fourth-order valence-electron chi connectivity index (χ4n) is 1.70. The summed E-state index contributed by atoms with van der Waals surface area (Å²) in [7, 11) is 1.70. The molecule has 0 spiro atoms. The number of benzene rings is 1. The van der Waals surface area contributed by atoms with Crippen molar-refractivity contribution in [1.29, 1.82) is 0 Å². The summed E-state index contributed by atoms with van der Waals surface area (Å²) in [5, 5.41) is 0. The predicted molar refractivity (Wildman–Crippen MR) is 69.7 cm³/mol. The Morgan fingerprint density at radius 3 is 2.56 bits per heavy atom. The lowest BCUT2D eigenvalue weighted by atomic mass is 10.1. The molecule has 94 valence electrons. The molecule has 0 atom stereocenters. The fourth-order valence-corrected chi connectivity index (χ4v) is 1.70. The highest BCUT2D eigenvalue weighted by molar-refractivity contribution is 5.95. The van der Waals surface area contributed by atoms with E-state index in [2.05, 4.69) is 9.97 Å². The Morgan fingerprint density at radius 1 is 1.33 bits per heavy atom. The van der Waals surface area contributed by atoms with Gasteiger partial charge in [-0.05, 0) is 18.2 Å². The molecular formula is C12H15N5O. The Balaban J connectivity index is 2.15. The molecule has 1 aromatic carbocycles. The topological polar surface area (TPSA) is 101 Å². The summed E-state index contributed by atoms with van der Waals surface area (Å²) in [5.41, 5.74) is 12.8. The van der Waals surface area contributed by atoms with Crippen LogP contribution in [0.1, 0.15) is 16.2 Å². The third-order valence-electron chi connectivity index (χ3n) is 2.51. The van der Waals surface area contributed by atoms with Gasteiger partial charge in [-0.25, -0.2) is 4.98 Å². The molecular weight excluding hydrogens is 230 g/mol. The number of nitrogens with two attached hydrogens (primary N) is 2. The minimum atomic E-state index is -0.148. The van der Waals surface area contributed by atoms with E-state index < -0.39 is 0 Å². The lowest BCUT2D eigenvalue weighted by Crippen LogP contribution is -2.26. The van der Waals surface area contributed by atoms with E-state index in [1.807, 2.05) is 0 Å². The lowest BCUT2D eigenvalue weighted by Gasteiger charge is -2.16. The van der Waals surface area contributed by atoms with Gasteiger partial charge in [0.2, 0.25) is 0 Å². The van der Waals surface area contributed by atoms with Crippen LogP contribution in [0, 0.1) is 0 Å². The molecule has 2 aromatic rings. The zero-order valence-corrected chi connectivity index (χ0v) is 10.1. The number of carbonyl (C=O) groups is 1. The molecule has 1 amide bonds. The Morgan fingerprint density at radius 2 is 2.00 bits per heavy atom. The lowest BCUT2D eigenvalue weighted by molar-refractivity contribution is 0.0782. The molecule has 0 unspecified atom stereocenters. The van der Waals surface area contributed by atoms with Crippen LogP contribution in [0.25, 0.3) is 0 Å². The number of nitrogens with zero attached hydrogens (tertiary/aromatic N) is 2. The maximum atomic E-state index is 12.1. The second kappa shape index (κ2) is 4.79. The molecule has 6 heteroatoms. The zero-order valence-electron chi connectivity index (χ0n) is 10.1. The Kier molecular flexibility index (Phi) is 3.18. The summed E-state index contributed by atoms with van der Waals surface area (Å²) in [5.74, 6) is 0.577. The van der Waals surface area contributed by atoms with Crippen molar-refractivity contribution in [3.05, 3.63) is 42.0 Å². The zero-order chi connectivity index (χ0) is 13.1. The predicted octanol–water partition coefficient (Wildman–Crippen LogP) is 0.846. The van der Waals surface area contributed by atoms with Crippen molar-refractivity contribution in [2.45, 2.75) is 6.54 Å². The number of aromatic nitrogens is 2. The van der Waals surface area contributed by atoms with Crippen LogP contribution in [0.5, 0.6) is 0 Å². The van der Waals surface area contributed by atoms with Gasteiger partial charge in [0.05, 0.1) is 6.54 Å². The molecule has 0 fully saturated rings. The van der Waals surface area contributed by atoms with Crippen LogP contribution in [0.3, 0.4) is 0 Å². The van der Waals surface area contributed by atoms with Crippen LogP contribution in [0.15, 0.2) is 30.6 Å². The van der Waals surface area contributed by atoms with Gasteiger partial charge in [0.25, 0.3) is 5.91 Å². The Bertz CT molecular complexity index is 529. The van der Waals surface area contributed by atoms with E-state index in [1.165, 1.54) is 0 Å². The van der Waals surface area contributed by atoms with Crippen molar-refractivity contribution in [2.75, 3.05) is 18.5 Å². The third-order valence-corrected chi connectivity index (χ3v) is 2.51. The van der Waals surface area contributed by atoms with Crippen LogP contribution in [-0.4, -0.2) is 27.8 Å². The van der Waals surface area contributed by atoms with Gasteiger partial charge in [0, 0.05) is 36.4 Å². The normalized spacial score (nSPS) is 10.3. The number of imidazole rings is 1. The Labute approximate surface area is 105 Å². The summed E-state index contributed by atoms with van der Waals surface area (Å²) >= 11 is 0. The van der Waals surface area contributed by atoms with Gasteiger partial charge in [-0.1, -0.05) is 0 Å². The molecule has 1 heterocycles. The highest BCUT2D eigenvalue weighted by atomic mass is 16.2. The molecule has 6 nitrogen and oxygen atoms in total. The molecule has 2 rings (SSSR count). The Hall–Kier alpha value is -2.50. The number of nitrogens with one attached hydrogen (secondary N) is 1. The second-order valence-electron chi connectivity index (χ2n) is 4.09. The average molecular weight is 245 g/mol. The monoisotopic (exact) mass is 245 g/mol. The first-order valence-electron chi connectivity index (χ1n) is 5.46. The first-order chi connectivity index (χ1) is 8.56. The van der Waals surface area contributed by atoms with Crippen LogP contribution in [0.2, 0.25) is 0 Å². The van der Waals surface area contributed by atoms with E-state index in [-0.39, 0.29) is 5.91 Å². The summed E-state index contributed by atoms with van der Waals surface area (Å²) in [6, 6.07) is 4.83. The number of hydrogen-bond acceptors (Lipinski definition) is 4. The molecule has 0 radical (unpaired) electrons. The minimum Gasteiger partial charge on any atom is -0.399 e. The molecule has 5 N–H and O–H groups in total. The maximum absolute atomic E-state index is 12.1. The summed E-state index contributed by atoms with van der Waals surface area (Å²) in [6.07, 6.45) is 3.36. The van der Waals surface area contributed by atoms with Gasteiger partial charge in [0.1, 0.15) is 5.82 Å². The van der Waals surface area contributed by atoms with Crippen molar-refractivity contribution in [3.63, 3.8) is 0 Å². The number of anilines is 2. The van der Waals surface area contributed by atoms with Gasteiger partial charge in [-0.2, -0.15) is 0 Å². The summed E-state index contributed by atoms with van der Waals surface area (Å²) in [6.45, 7) is 0.403. The number of H-pyrrole nitrogens is 1. The molecule has 0 saturated heterocycles. The van der Waals surface area contributed by atoms with Gasteiger partial charge >= 0.3 is 0 Å². The van der Waals surface area contributed by atoms with Crippen molar-refractivity contribution in [2.24, 2.45) is 0 Å². The molecule has 0 aliphatic heterocycles. The van der Waals surface area contributed by atoms with Crippen LogP contribution in [-0.2, 0) is 6.54 Å². The van der Waals surface area contributed by atoms with Crippen molar-refractivity contribution in [3.8, 4) is 0 Å². The maximum Gasteiger partial charge on any atom is 0.254 e. The minimum absolute atomic E-state index is 0.148. The van der Waals surface area contributed by atoms with Crippen LogP contribution in [0.4, 0.5) is 11.4 Å². The van der Waals surface area contributed by atoms with E-state index in [9.17, 15) is 4.79 Å². The van der Waals surface area contributed by atoms with Gasteiger partial charge in [0.15, 0.2) is 0 Å². The van der Waals surface area contributed by atoms with E-state index in [1.54, 1.807) is 42.5 Å². The van der Waals surface area contributed by atoms with Gasteiger partial charge in [-0.3, -0.25) is 4.79 Å². The number of carbonyl (C=O) groups excluding carboxylic acids is 1. The molecule has 1 aromatic heterocycles. The highest BCUT2D eigenvalue weighted by Crippen LogP contribution is 2.15. The van der Waals surface area contributed by atoms with E-state index in [0.717, 1.165) is 5.82 Å². The summed E-state index contributed by atoms with van der Waals surface area (Å²) in [4.78, 5) is 20.7. The quantitative estimate of drug-likeness (QED) is 0.697. The largest absolute Gasteiger partial charge is 0.399 e. The molecule has 0 saturated carbocycles. The molecule has 18 heavy (non-hydrogen) atoms. The first kappa shape index (κ1) is 12.0. The van der Waals surface area contributed by atoms with Crippen LogP contribution >= 0.6 is 0 Å². The standard InChI is InChI=1S/C12H15N5O/c1-17(7-11-15-2-3-16-11)12(18)8-4-9(13)6-10(14)5-8/h2-6H,7,13-14H2,1H3,(H,15,16). The second-order valence-corrected chi connectivity index (χ2v) is 4.09. The fraction of sp³-hybridized carbons (Fsp3) is 0.167. The summed E-state index contributed by atoms with van der Waals surface area (Å²) < 4.78 is 0. The van der Waals surface area contributed by atoms with Crippen LogP contribution < -0.4 is 11.5 Å². The number of hydrogen-bond donors (Lipinski definition) is 3. The van der Waals surface area contributed by atoms with Crippen molar-refractivity contribution < 1.29 is 4.79 Å². The van der Waals surface area contributed by atoms with E-state index in [0.29, 0.717) is 23.5 Å². The average Bonchev–Trinajstić information content (AvgIpc) is 2.79. The number of aromatic amines is 1. The highest BCUT2D eigenvalue weighted by Gasteiger charge is 2.13. The number of amides is 1. The smallest absolute Gasteiger partial charge is 0.254 e.